The summed E-state index contributed by atoms with van der Waals surface area (Å²) in [6.45, 7) is 10.3. The molecule has 5 nitrogen and oxygen atoms in total. The number of ether oxygens (including phenoxy) is 1. The third kappa shape index (κ3) is 4.56. The van der Waals surface area contributed by atoms with Gasteiger partial charge in [0.15, 0.2) is 0 Å². The number of nitriles is 1. The van der Waals surface area contributed by atoms with E-state index in [1.54, 1.807) is 18.3 Å². The summed E-state index contributed by atoms with van der Waals surface area (Å²) >= 11 is 6.21. The fraction of sp³-hybridized carbons (Fsp3) is 0.174. The van der Waals surface area contributed by atoms with Crippen molar-refractivity contribution in [3.8, 4) is 23.1 Å². The molecule has 3 rings (SSSR count). The van der Waals surface area contributed by atoms with E-state index in [0.717, 1.165) is 28.1 Å². The molecule has 29 heavy (non-hydrogen) atoms. The molecule has 0 aliphatic carbocycles. The number of hydrogen-bond donors (Lipinski definition) is 0. The first-order chi connectivity index (χ1) is 13.9. The van der Waals surface area contributed by atoms with Gasteiger partial charge in [0, 0.05) is 23.5 Å². The Morgan fingerprint density at radius 3 is 2.72 bits per heavy atom. The molecule has 2 heterocycles. The van der Waals surface area contributed by atoms with Crippen molar-refractivity contribution in [3.63, 3.8) is 0 Å². The maximum atomic E-state index is 9.08. The molecule has 0 saturated carbocycles. The molecule has 146 valence electrons. The second-order valence-corrected chi connectivity index (χ2v) is 6.99. The zero-order valence-corrected chi connectivity index (χ0v) is 17.4. The maximum absolute atomic E-state index is 9.08. The van der Waals surface area contributed by atoms with Crippen molar-refractivity contribution >= 4 is 11.6 Å². The lowest BCUT2D eigenvalue weighted by Gasteiger charge is -2.08. The van der Waals surface area contributed by atoms with Crippen LogP contribution in [0.15, 0.2) is 61.0 Å². The predicted octanol–water partition coefficient (Wildman–Crippen LogP) is 5.60. The van der Waals surface area contributed by atoms with Gasteiger partial charge in [0.05, 0.1) is 22.8 Å². The van der Waals surface area contributed by atoms with Crippen molar-refractivity contribution in [2.24, 2.45) is 0 Å². The lowest BCUT2D eigenvalue weighted by molar-refractivity contribution is 0.428. The highest BCUT2D eigenvalue weighted by Gasteiger charge is 2.15. The molecule has 0 spiro atoms. The van der Waals surface area contributed by atoms with E-state index in [-0.39, 0.29) is 0 Å². The molecular formula is C23H21ClN4O. The fourth-order valence-electron chi connectivity index (χ4n) is 3.12. The van der Waals surface area contributed by atoms with E-state index in [1.807, 2.05) is 55.8 Å². The number of pyridine rings is 1. The topological polar surface area (TPSA) is 63.7 Å². The van der Waals surface area contributed by atoms with E-state index in [1.165, 1.54) is 0 Å². The summed E-state index contributed by atoms with van der Waals surface area (Å²) in [7, 11) is 0. The van der Waals surface area contributed by atoms with Crippen molar-refractivity contribution in [1.29, 1.82) is 5.26 Å². The maximum Gasteiger partial charge on any atom is 0.219 e. The van der Waals surface area contributed by atoms with Gasteiger partial charge in [-0.15, -0.1) is 0 Å². The van der Waals surface area contributed by atoms with Crippen LogP contribution in [0.3, 0.4) is 0 Å². The third-order valence-corrected chi connectivity index (χ3v) is 4.79. The highest BCUT2D eigenvalue weighted by atomic mass is 35.5. The first kappa shape index (κ1) is 20.4. The van der Waals surface area contributed by atoms with Crippen molar-refractivity contribution in [3.05, 3.63) is 88.6 Å². The van der Waals surface area contributed by atoms with Crippen LogP contribution in [0.4, 0.5) is 0 Å². The second-order valence-electron chi connectivity index (χ2n) is 6.58. The van der Waals surface area contributed by atoms with Gasteiger partial charge in [-0.1, -0.05) is 36.4 Å². The van der Waals surface area contributed by atoms with Crippen LogP contribution in [-0.2, 0) is 6.54 Å². The summed E-state index contributed by atoms with van der Waals surface area (Å²) in [6, 6.07) is 11.3. The number of aromatic nitrogens is 3. The van der Waals surface area contributed by atoms with Gasteiger partial charge in [-0.2, -0.15) is 10.4 Å². The zero-order chi connectivity index (χ0) is 21.0. The van der Waals surface area contributed by atoms with E-state index >= 15 is 0 Å². The number of allylic oxidation sites excluding steroid dienone is 2. The molecule has 0 aliphatic heterocycles. The summed E-state index contributed by atoms with van der Waals surface area (Å²) < 4.78 is 7.48. The van der Waals surface area contributed by atoms with Crippen molar-refractivity contribution < 1.29 is 4.74 Å². The third-order valence-electron chi connectivity index (χ3n) is 4.48. The minimum atomic E-state index is 0.441. The van der Waals surface area contributed by atoms with Crippen LogP contribution in [0.1, 0.15) is 29.4 Å². The molecule has 0 saturated heterocycles. The Balaban J connectivity index is 1.83. The van der Waals surface area contributed by atoms with Gasteiger partial charge in [0.2, 0.25) is 5.88 Å². The predicted molar refractivity (Wildman–Crippen MR) is 115 cm³/mol. The Bertz CT molecular complexity index is 1120. The Kier molecular flexibility index (Phi) is 6.16. The average Bonchev–Trinajstić information content (AvgIpc) is 2.96. The molecule has 0 unspecified atom stereocenters. The molecule has 0 fully saturated rings. The molecule has 0 aliphatic rings. The molecule has 6 heteroatoms. The summed E-state index contributed by atoms with van der Waals surface area (Å²) in [5.41, 5.74) is 5.35. The molecular weight excluding hydrogens is 384 g/mol. The Morgan fingerprint density at radius 2 is 2.10 bits per heavy atom. The second kappa shape index (κ2) is 8.76. The van der Waals surface area contributed by atoms with Crippen LogP contribution in [-0.4, -0.2) is 14.8 Å². The number of halogens is 1. The lowest BCUT2D eigenvalue weighted by Crippen LogP contribution is -2.05. The highest BCUT2D eigenvalue weighted by molar-refractivity contribution is 6.32. The Labute approximate surface area is 175 Å². The standard InChI is InChI=1S/C23H21ClN4O/c1-5-6-15(2)29-22-10-7-18(13-26-22)14-28-17(4)23(16(3)27-28)19-8-9-20(12-25)21(24)11-19/h5-11,13H,2,14H2,1,3-4H3/b6-5-. The van der Waals surface area contributed by atoms with Gasteiger partial charge in [-0.25, -0.2) is 4.98 Å². The minimum absolute atomic E-state index is 0.441. The van der Waals surface area contributed by atoms with Crippen LogP contribution in [0, 0.1) is 25.2 Å². The van der Waals surface area contributed by atoms with Gasteiger partial charge in [0.25, 0.3) is 0 Å². The van der Waals surface area contributed by atoms with Gasteiger partial charge in [0.1, 0.15) is 11.8 Å². The molecule has 0 radical (unpaired) electrons. The largest absolute Gasteiger partial charge is 0.440 e. The van der Waals surface area contributed by atoms with Gasteiger partial charge >= 0.3 is 0 Å². The summed E-state index contributed by atoms with van der Waals surface area (Å²) in [4.78, 5) is 4.34. The zero-order valence-electron chi connectivity index (χ0n) is 16.6. The number of hydrogen-bond acceptors (Lipinski definition) is 4. The molecule has 0 atom stereocenters. The number of benzene rings is 1. The molecule has 1 aromatic carbocycles. The summed E-state index contributed by atoms with van der Waals surface area (Å²) in [5, 5.41) is 14.2. The number of nitrogens with zero attached hydrogens (tertiary/aromatic N) is 4. The first-order valence-corrected chi connectivity index (χ1v) is 9.49. The Hall–Kier alpha value is -3.36. The van der Waals surface area contributed by atoms with Gasteiger partial charge in [-0.3, -0.25) is 4.68 Å². The van der Waals surface area contributed by atoms with Crippen molar-refractivity contribution in [2.75, 3.05) is 0 Å². The SMILES string of the molecule is C=C(/C=C\C)Oc1ccc(Cn2nc(C)c(-c3ccc(C#N)c(Cl)c3)c2C)cn1. The molecule has 0 bridgehead atoms. The van der Waals surface area contributed by atoms with Gasteiger partial charge in [-0.05, 0) is 50.1 Å². The molecule has 0 N–H and O–H groups in total. The number of aryl methyl sites for hydroxylation is 1. The van der Waals surface area contributed by atoms with Crippen LogP contribution < -0.4 is 4.74 Å². The molecule has 2 aromatic heterocycles. The minimum Gasteiger partial charge on any atom is -0.440 e. The first-order valence-electron chi connectivity index (χ1n) is 9.11. The summed E-state index contributed by atoms with van der Waals surface area (Å²) in [6.07, 6.45) is 5.41. The van der Waals surface area contributed by atoms with E-state index < -0.39 is 0 Å². The average molecular weight is 405 g/mol. The van der Waals surface area contributed by atoms with E-state index in [0.29, 0.717) is 28.8 Å². The monoisotopic (exact) mass is 404 g/mol. The lowest BCUT2D eigenvalue weighted by atomic mass is 10.0. The van der Waals surface area contributed by atoms with E-state index in [2.05, 4.69) is 22.7 Å². The van der Waals surface area contributed by atoms with Crippen LogP contribution in [0.5, 0.6) is 5.88 Å². The van der Waals surface area contributed by atoms with E-state index in [9.17, 15) is 0 Å². The fourth-order valence-corrected chi connectivity index (χ4v) is 3.34. The van der Waals surface area contributed by atoms with Crippen LogP contribution in [0.2, 0.25) is 5.02 Å². The van der Waals surface area contributed by atoms with Gasteiger partial charge < -0.3 is 4.74 Å². The normalized spacial score (nSPS) is 10.9. The molecule has 3 aromatic rings. The number of rotatable bonds is 6. The molecule has 0 amide bonds. The highest BCUT2D eigenvalue weighted by Crippen LogP contribution is 2.30. The quantitative estimate of drug-likeness (QED) is 0.396. The van der Waals surface area contributed by atoms with E-state index in [4.69, 9.17) is 21.6 Å². The van der Waals surface area contributed by atoms with Crippen LogP contribution >= 0.6 is 11.6 Å². The Morgan fingerprint density at radius 1 is 1.31 bits per heavy atom. The van der Waals surface area contributed by atoms with Crippen molar-refractivity contribution in [1.82, 2.24) is 14.8 Å². The van der Waals surface area contributed by atoms with Crippen molar-refractivity contribution in [2.45, 2.75) is 27.3 Å². The smallest absolute Gasteiger partial charge is 0.219 e. The summed E-state index contributed by atoms with van der Waals surface area (Å²) in [5.74, 6) is 1.04. The van der Waals surface area contributed by atoms with Crippen LogP contribution in [0.25, 0.3) is 11.1 Å².